The Balaban J connectivity index is 1.62. The summed E-state index contributed by atoms with van der Waals surface area (Å²) in [6, 6.07) is 8.39. The third-order valence-electron chi connectivity index (χ3n) is 5.15. The summed E-state index contributed by atoms with van der Waals surface area (Å²) in [5.74, 6) is 2.15. The van der Waals surface area contributed by atoms with Crippen LogP contribution in [0.3, 0.4) is 0 Å². The van der Waals surface area contributed by atoms with Crippen molar-refractivity contribution in [3.05, 3.63) is 35.9 Å². The monoisotopic (exact) mass is 297 g/mol. The van der Waals surface area contributed by atoms with Crippen LogP contribution in [0.5, 0.6) is 0 Å². The van der Waals surface area contributed by atoms with E-state index in [2.05, 4.69) is 5.32 Å². The Morgan fingerprint density at radius 3 is 2.43 bits per heavy atom. The van der Waals surface area contributed by atoms with Gasteiger partial charge in [0.2, 0.25) is 0 Å². The number of hydrogen-bond donors (Lipinski definition) is 1. The molecule has 4 heteroatoms. The molecule has 0 amide bonds. The number of alkyl halides is 3. The maximum Gasteiger partial charge on any atom is 0.390 e. The maximum atomic E-state index is 12.8. The molecule has 0 saturated heterocycles. The Morgan fingerprint density at radius 2 is 1.86 bits per heavy atom. The molecule has 1 nitrogen and oxygen atoms in total. The smallest absolute Gasteiger partial charge is 0.309 e. The van der Waals surface area contributed by atoms with Crippen molar-refractivity contribution in [3.8, 4) is 0 Å². The van der Waals surface area contributed by atoms with Crippen molar-refractivity contribution in [2.45, 2.75) is 44.3 Å². The molecule has 0 heterocycles. The van der Waals surface area contributed by atoms with Gasteiger partial charge in [-0.2, -0.15) is 13.2 Å². The molecule has 2 fully saturated rings. The summed E-state index contributed by atoms with van der Waals surface area (Å²) in [5.41, 5.74) is 0.734. The van der Waals surface area contributed by atoms with Gasteiger partial charge in [0, 0.05) is 6.04 Å². The van der Waals surface area contributed by atoms with Gasteiger partial charge in [-0.3, -0.25) is 0 Å². The SMILES string of the molecule is FC(F)(F)CC(NCC1CC2CCC1C2)c1ccccc1. The van der Waals surface area contributed by atoms with E-state index in [4.69, 9.17) is 0 Å². The van der Waals surface area contributed by atoms with Crippen LogP contribution in [0.1, 0.15) is 43.7 Å². The molecule has 0 aliphatic heterocycles. The number of benzene rings is 1. The number of rotatable bonds is 5. The van der Waals surface area contributed by atoms with Crippen molar-refractivity contribution in [3.63, 3.8) is 0 Å². The molecule has 1 N–H and O–H groups in total. The van der Waals surface area contributed by atoms with Crippen molar-refractivity contribution in [1.82, 2.24) is 5.32 Å². The molecule has 1 aromatic rings. The van der Waals surface area contributed by atoms with Crippen LogP contribution >= 0.6 is 0 Å². The summed E-state index contributed by atoms with van der Waals surface area (Å²) in [6.45, 7) is 0.719. The summed E-state index contributed by atoms with van der Waals surface area (Å²) in [5, 5.41) is 3.20. The lowest BCUT2D eigenvalue weighted by atomic mass is 9.88. The van der Waals surface area contributed by atoms with Gasteiger partial charge in [0.25, 0.3) is 0 Å². The van der Waals surface area contributed by atoms with Crippen LogP contribution in [0.25, 0.3) is 0 Å². The van der Waals surface area contributed by atoms with Gasteiger partial charge in [-0.15, -0.1) is 0 Å². The number of nitrogens with one attached hydrogen (secondary N) is 1. The van der Waals surface area contributed by atoms with E-state index < -0.39 is 18.6 Å². The second-order valence-corrected chi connectivity index (χ2v) is 6.63. The third kappa shape index (κ3) is 3.79. The van der Waals surface area contributed by atoms with E-state index in [1.54, 1.807) is 24.3 Å². The van der Waals surface area contributed by atoms with Crippen LogP contribution in [0.4, 0.5) is 13.2 Å². The Hall–Kier alpha value is -1.03. The second kappa shape index (κ2) is 5.99. The quantitative estimate of drug-likeness (QED) is 0.830. The molecule has 2 saturated carbocycles. The first-order chi connectivity index (χ1) is 10.0. The molecular weight excluding hydrogens is 275 g/mol. The van der Waals surface area contributed by atoms with Gasteiger partial charge >= 0.3 is 6.18 Å². The first-order valence-electron chi connectivity index (χ1n) is 7.86. The standard InChI is InChI=1S/C17H22F3N/c18-17(19,20)10-16(13-4-2-1-3-5-13)21-11-15-9-12-6-7-14(15)8-12/h1-5,12,14-16,21H,6-11H2. The van der Waals surface area contributed by atoms with Gasteiger partial charge in [0.15, 0.2) is 0 Å². The normalized spacial score (nSPS) is 29.8. The first kappa shape index (κ1) is 14.9. The summed E-state index contributed by atoms with van der Waals surface area (Å²) < 4.78 is 38.4. The highest BCUT2D eigenvalue weighted by molar-refractivity contribution is 5.19. The summed E-state index contributed by atoms with van der Waals surface area (Å²) in [6.07, 6.45) is 0.158. The topological polar surface area (TPSA) is 12.0 Å². The molecule has 2 aliphatic carbocycles. The van der Waals surface area contributed by atoms with Gasteiger partial charge in [0.05, 0.1) is 6.42 Å². The first-order valence-corrected chi connectivity index (χ1v) is 7.86. The molecule has 1 aromatic carbocycles. The third-order valence-corrected chi connectivity index (χ3v) is 5.15. The largest absolute Gasteiger partial charge is 0.390 e. The Bertz CT molecular complexity index is 457. The second-order valence-electron chi connectivity index (χ2n) is 6.63. The van der Waals surface area contributed by atoms with E-state index in [0.29, 0.717) is 5.92 Å². The molecule has 0 radical (unpaired) electrons. The lowest BCUT2D eigenvalue weighted by molar-refractivity contribution is -0.140. The van der Waals surface area contributed by atoms with E-state index in [1.165, 1.54) is 25.7 Å². The Labute approximate surface area is 123 Å². The highest BCUT2D eigenvalue weighted by atomic mass is 19.4. The fraction of sp³-hybridized carbons (Fsp3) is 0.647. The fourth-order valence-corrected chi connectivity index (χ4v) is 4.14. The number of fused-ring (bicyclic) bond motifs is 2. The van der Waals surface area contributed by atoms with Gasteiger partial charge in [-0.25, -0.2) is 0 Å². The molecule has 4 unspecified atom stereocenters. The summed E-state index contributed by atoms with van der Waals surface area (Å²) in [4.78, 5) is 0. The van der Waals surface area contributed by atoms with Crippen molar-refractivity contribution >= 4 is 0 Å². The number of hydrogen-bond acceptors (Lipinski definition) is 1. The summed E-state index contributed by atoms with van der Waals surface area (Å²) in [7, 11) is 0. The van der Waals surface area contributed by atoms with Crippen molar-refractivity contribution in [1.29, 1.82) is 0 Å². The van der Waals surface area contributed by atoms with Gasteiger partial charge in [-0.05, 0) is 49.1 Å². The van der Waals surface area contributed by atoms with E-state index in [1.807, 2.05) is 6.07 Å². The molecule has 3 rings (SSSR count). The lowest BCUT2D eigenvalue weighted by Crippen LogP contribution is -2.32. The predicted octanol–water partition coefficient (Wildman–Crippen LogP) is 4.71. The van der Waals surface area contributed by atoms with E-state index in [-0.39, 0.29) is 0 Å². The minimum absolute atomic E-state index is 0.572. The van der Waals surface area contributed by atoms with Crippen LogP contribution in [-0.2, 0) is 0 Å². The van der Waals surface area contributed by atoms with Gasteiger partial charge in [0.1, 0.15) is 0 Å². The van der Waals surface area contributed by atoms with Gasteiger partial charge < -0.3 is 5.32 Å². The minimum Gasteiger partial charge on any atom is -0.309 e. The lowest BCUT2D eigenvalue weighted by Gasteiger charge is -2.26. The van der Waals surface area contributed by atoms with E-state index >= 15 is 0 Å². The Morgan fingerprint density at radius 1 is 1.10 bits per heavy atom. The van der Waals surface area contributed by atoms with Crippen LogP contribution in [0.15, 0.2) is 30.3 Å². The van der Waals surface area contributed by atoms with Gasteiger partial charge in [-0.1, -0.05) is 36.8 Å². The molecule has 2 aliphatic rings. The zero-order chi connectivity index (χ0) is 14.9. The highest BCUT2D eigenvalue weighted by Crippen LogP contribution is 2.48. The molecule has 0 aromatic heterocycles. The van der Waals surface area contributed by atoms with E-state index in [0.717, 1.165) is 23.9 Å². The summed E-state index contributed by atoms with van der Waals surface area (Å²) >= 11 is 0. The van der Waals surface area contributed by atoms with Crippen molar-refractivity contribution in [2.75, 3.05) is 6.54 Å². The van der Waals surface area contributed by atoms with Crippen LogP contribution in [-0.4, -0.2) is 12.7 Å². The molecular formula is C17H22F3N. The van der Waals surface area contributed by atoms with Crippen molar-refractivity contribution in [2.24, 2.45) is 17.8 Å². The average Bonchev–Trinajstić information content (AvgIpc) is 3.05. The predicted molar refractivity (Wildman–Crippen MR) is 76.8 cm³/mol. The number of halogens is 3. The van der Waals surface area contributed by atoms with Crippen molar-refractivity contribution < 1.29 is 13.2 Å². The maximum absolute atomic E-state index is 12.8. The zero-order valence-electron chi connectivity index (χ0n) is 12.1. The average molecular weight is 297 g/mol. The fourth-order valence-electron chi connectivity index (χ4n) is 4.14. The highest BCUT2D eigenvalue weighted by Gasteiger charge is 2.40. The van der Waals surface area contributed by atoms with Crippen LogP contribution in [0.2, 0.25) is 0 Å². The molecule has 0 spiro atoms. The molecule has 4 atom stereocenters. The van der Waals surface area contributed by atoms with Crippen LogP contribution in [0, 0.1) is 17.8 Å². The minimum atomic E-state index is -4.14. The molecule has 2 bridgehead atoms. The zero-order valence-corrected chi connectivity index (χ0v) is 12.1. The Kier molecular flexibility index (Phi) is 4.25. The van der Waals surface area contributed by atoms with E-state index in [9.17, 15) is 13.2 Å². The van der Waals surface area contributed by atoms with Crippen LogP contribution < -0.4 is 5.32 Å². The molecule has 116 valence electrons. The molecule has 21 heavy (non-hydrogen) atoms.